The van der Waals surface area contributed by atoms with Crippen LogP contribution in [0.1, 0.15) is 31.4 Å². The molecule has 38 heavy (non-hydrogen) atoms. The van der Waals surface area contributed by atoms with Crippen LogP contribution in [0.5, 0.6) is 5.75 Å². The van der Waals surface area contributed by atoms with Crippen molar-refractivity contribution in [3.05, 3.63) is 58.2 Å². The van der Waals surface area contributed by atoms with Gasteiger partial charge >= 0.3 is 12.1 Å². The number of piperidine rings is 1. The summed E-state index contributed by atoms with van der Waals surface area (Å²) in [6.45, 7) is 2.97. The van der Waals surface area contributed by atoms with E-state index in [2.05, 4.69) is 15.4 Å². The number of methoxy groups -OCH3 is 1. The average Bonchev–Trinajstić information content (AvgIpc) is 3.42. The molecule has 10 nitrogen and oxygen atoms in total. The van der Waals surface area contributed by atoms with Gasteiger partial charge in [0.25, 0.3) is 0 Å². The largest absolute Gasteiger partial charge is 0.489 e. The van der Waals surface area contributed by atoms with Crippen molar-refractivity contribution >= 4 is 41.1 Å². The van der Waals surface area contributed by atoms with E-state index in [0.717, 1.165) is 45.5 Å². The first kappa shape index (κ1) is 27.6. The molecule has 1 fully saturated rings. The Bertz CT molecular complexity index is 1320. The number of hydroxylamine groups is 1. The van der Waals surface area contributed by atoms with Crippen molar-refractivity contribution in [3.63, 3.8) is 0 Å². The number of carbonyl (C=O) groups excluding carboxylic acids is 2. The SMILES string of the molecule is COC(=O)N(OC(C)=O)c1ncc(-c2cnn(C3CCNCC3)c2)cc1OCCc1c(Cl)ccc(F)c1Cl. The van der Waals surface area contributed by atoms with E-state index in [9.17, 15) is 14.0 Å². The number of hydrogen-bond donors (Lipinski definition) is 1. The van der Waals surface area contributed by atoms with Gasteiger partial charge in [0.05, 0.1) is 31.0 Å². The van der Waals surface area contributed by atoms with Crippen LogP contribution >= 0.6 is 23.2 Å². The first-order valence-electron chi connectivity index (χ1n) is 11.9. The van der Waals surface area contributed by atoms with Crippen LogP contribution in [0.2, 0.25) is 10.0 Å². The van der Waals surface area contributed by atoms with Crippen molar-refractivity contribution in [3.8, 4) is 16.9 Å². The number of nitrogens with one attached hydrogen (secondary N) is 1. The molecule has 1 saturated heterocycles. The molecule has 1 aliphatic heterocycles. The lowest BCUT2D eigenvalue weighted by molar-refractivity contribution is -0.141. The molecule has 2 aromatic heterocycles. The van der Waals surface area contributed by atoms with Gasteiger partial charge in [-0.1, -0.05) is 28.3 Å². The minimum atomic E-state index is -0.986. The summed E-state index contributed by atoms with van der Waals surface area (Å²) in [5.41, 5.74) is 1.80. The number of nitrogens with zero attached hydrogens (tertiary/aromatic N) is 4. The van der Waals surface area contributed by atoms with Gasteiger partial charge in [-0.25, -0.2) is 19.0 Å². The van der Waals surface area contributed by atoms with Crippen LogP contribution in [-0.2, 0) is 20.8 Å². The fourth-order valence-corrected chi connectivity index (χ4v) is 4.61. The molecule has 1 amide bonds. The maximum absolute atomic E-state index is 13.9. The van der Waals surface area contributed by atoms with Crippen molar-refractivity contribution < 1.29 is 28.3 Å². The highest BCUT2D eigenvalue weighted by Crippen LogP contribution is 2.34. The molecule has 0 spiro atoms. The van der Waals surface area contributed by atoms with Gasteiger partial charge in [-0.3, -0.25) is 4.68 Å². The first-order chi connectivity index (χ1) is 18.3. The average molecular weight is 566 g/mol. The van der Waals surface area contributed by atoms with E-state index in [4.69, 9.17) is 37.5 Å². The van der Waals surface area contributed by atoms with Gasteiger partial charge in [-0.15, -0.1) is 0 Å². The molecule has 0 bridgehead atoms. The quantitative estimate of drug-likeness (QED) is 0.315. The summed E-state index contributed by atoms with van der Waals surface area (Å²) >= 11 is 12.3. The molecule has 0 radical (unpaired) electrons. The molecule has 0 aliphatic carbocycles. The number of halogens is 3. The number of carbonyl (C=O) groups is 2. The van der Waals surface area contributed by atoms with E-state index < -0.39 is 17.9 Å². The minimum absolute atomic E-state index is 0.00948. The number of pyridine rings is 1. The standard InChI is InChI=1S/C25H26Cl2FN5O5/c1-15(34)38-33(25(35)36-2)24-22(37-10-7-19-20(26)3-4-21(28)23(19)27)11-16(12-30-24)17-13-31-32(14-17)18-5-8-29-9-6-18/h3-4,11-14,18,29H,5-10H2,1-2H3. The van der Waals surface area contributed by atoms with E-state index in [-0.39, 0.29) is 40.7 Å². The number of rotatable bonds is 7. The summed E-state index contributed by atoms with van der Waals surface area (Å²) < 4.78 is 26.6. The van der Waals surface area contributed by atoms with Crippen LogP contribution in [0.25, 0.3) is 11.1 Å². The summed E-state index contributed by atoms with van der Waals surface area (Å²) in [5.74, 6) is -1.38. The predicted molar refractivity (Wildman–Crippen MR) is 139 cm³/mol. The molecular formula is C25H26Cl2FN5O5. The lowest BCUT2D eigenvalue weighted by Gasteiger charge is -2.22. The Morgan fingerprint density at radius 3 is 2.68 bits per heavy atom. The number of hydrogen-bond acceptors (Lipinski definition) is 8. The van der Waals surface area contributed by atoms with Gasteiger partial charge in [0.1, 0.15) is 5.82 Å². The molecular weight excluding hydrogens is 540 g/mol. The lowest BCUT2D eigenvalue weighted by Crippen LogP contribution is -2.34. The zero-order valence-electron chi connectivity index (χ0n) is 20.7. The van der Waals surface area contributed by atoms with Crippen LogP contribution in [0.15, 0.2) is 36.8 Å². The third-order valence-corrected chi connectivity index (χ3v) is 6.71. The predicted octanol–water partition coefficient (Wildman–Crippen LogP) is 4.99. The zero-order chi connectivity index (χ0) is 27.2. The van der Waals surface area contributed by atoms with Crippen molar-refractivity contribution in [2.75, 3.05) is 31.9 Å². The number of ether oxygens (including phenoxy) is 2. The number of benzene rings is 1. The van der Waals surface area contributed by atoms with Gasteiger partial charge in [-0.2, -0.15) is 5.10 Å². The summed E-state index contributed by atoms with van der Waals surface area (Å²) in [4.78, 5) is 33.5. The Morgan fingerprint density at radius 2 is 1.97 bits per heavy atom. The van der Waals surface area contributed by atoms with Gasteiger partial charge in [-0.05, 0) is 49.7 Å². The molecule has 4 rings (SSSR count). The number of amides is 1. The second kappa shape index (κ2) is 12.4. The maximum atomic E-state index is 13.9. The second-order valence-corrected chi connectivity index (χ2v) is 9.29. The van der Waals surface area contributed by atoms with Crippen LogP contribution in [0, 0.1) is 5.82 Å². The maximum Gasteiger partial charge on any atom is 0.449 e. The lowest BCUT2D eigenvalue weighted by atomic mass is 10.1. The van der Waals surface area contributed by atoms with Crippen LogP contribution in [0.4, 0.5) is 15.0 Å². The Hall–Kier alpha value is -3.41. The van der Waals surface area contributed by atoms with Crippen LogP contribution in [0.3, 0.4) is 0 Å². The molecule has 202 valence electrons. The van der Waals surface area contributed by atoms with Gasteiger partial charge < -0.3 is 19.6 Å². The Balaban J connectivity index is 1.65. The van der Waals surface area contributed by atoms with Crippen LogP contribution < -0.4 is 15.1 Å². The van der Waals surface area contributed by atoms with E-state index in [1.54, 1.807) is 12.3 Å². The van der Waals surface area contributed by atoms with Crippen molar-refractivity contribution in [2.24, 2.45) is 0 Å². The molecule has 1 N–H and O–H groups in total. The van der Waals surface area contributed by atoms with Crippen molar-refractivity contribution in [2.45, 2.75) is 32.2 Å². The third-order valence-electron chi connectivity index (χ3n) is 5.95. The summed E-state index contributed by atoms with van der Waals surface area (Å²) in [7, 11) is 1.14. The Kier molecular flexibility index (Phi) is 9.03. The molecule has 0 saturated carbocycles. The van der Waals surface area contributed by atoms with Crippen molar-refractivity contribution in [1.82, 2.24) is 20.1 Å². The normalized spacial score (nSPS) is 13.7. The van der Waals surface area contributed by atoms with Gasteiger partial charge in [0.15, 0.2) is 5.75 Å². The first-order valence-corrected chi connectivity index (χ1v) is 12.6. The Morgan fingerprint density at radius 1 is 1.21 bits per heavy atom. The van der Waals surface area contributed by atoms with E-state index >= 15 is 0 Å². The molecule has 0 unspecified atom stereocenters. The molecule has 3 aromatic rings. The summed E-state index contributed by atoms with van der Waals surface area (Å²) in [6.07, 6.45) is 6.25. The van der Waals surface area contributed by atoms with E-state index in [1.807, 2.05) is 10.9 Å². The molecule has 1 aromatic carbocycles. The number of anilines is 1. The summed E-state index contributed by atoms with van der Waals surface area (Å²) in [5, 5.41) is 8.63. The van der Waals surface area contributed by atoms with Crippen molar-refractivity contribution in [1.29, 1.82) is 0 Å². The Labute approximate surface area is 228 Å². The van der Waals surface area contributed by atoms with Gasteiger partial charge in [0, 0.05) is 41.9 Å². The van der Waals surface area contributed by atoms with E-state index in [0.29, 0.717) is 16.2 Å². The zero-order valence-corrected chi connectivity index (χ0v) is 22.3. The smallest absolute Gasteiger partial charge is 0.449 e. The molecule has 1 aliphatic rings. The van der Waals surface area contributed by atoms with E-state index in [1.165, 1.54) is 18.3 Å². The topological polar surface area (TPSA) is 108 Å². The summed E-state index contributed by atoms with van der Waals surface area (Å²) in [6, 6.07) is 4.51. The fourth-order valence-electron chi connectivity index (χ4n) is 4.05. The highest BCUT2D eigenvalue weighted by molar-refractivity contribution is 6.36. The molecule has 13 heteroatoms. The molecule has 3 heterocycles. The number of aromatic nitrogens is 3. The fraction of sp³-hybridized carbons (Fsp3) is 0.360. The van der Waals surface area contributed by atoms with Crippen LogP contribution in [-0.4, -0.2) is 53.6 Å². The second-order valence-electron chi connectivity index (χ2n) is 8.50. The molecule has 0 atom stereocenters. The highest BCUT2D eigenvalue weighted by Gasteiger charge is 2.27. The third kappa shape index (κ3) is 6.35. The minimum Gasteiger partial charge on any atom is -0.489 e. The highest BCUT2D eigenvalue weighted by atomic mass is 35.5. The monoisotopic (exact) mass is 565 g/mol. The van der Waals surface area contributed by atoms with Gasteiger partial charge in [0.2, 0.25) is 5.82 Å².